The lowest BCUT2D eigenvalue weighted by Crippen LogP contribution is -2.53. The minimum Gasteiger partial charge on any atom is -0.391 e. The fourth-order valence-electron chi connectivity index (χ4n) is 2.63. The molecule has 1 amide bonds. The van der Waals surface area contributed by atoms with Crippen LogP contribution in [0.1, 0.15) is 23.0 Å². The molecule has 0 aromatic carbocycles. The van der Waals surface area contributed by atoms with Crippen molar-refractivity contribution >= 4 is 5.91 Å². The van der Waals surface area contributed by atoms with Gasteiger partial charge in [-0.15, -0.1) is 0 Å². The molecule has 2 aliphatic rings. The summed E-state index contributed by atoms with van der Waals surface area (Å²) in [6.07, 6.45) is 1.94. The zero-order valence-electron chi connectivity index (χ0n) is 8.13. The van der Waals surface area contributed by atoms with Crippen molar-refractivity contribution in [3.05, 3.63) is 24.0 Å². The minimum absolute atomic E-state index is 0.0951. The van der Waals surface area contributed by atoms with Crippen LogP contribution >= 0.6 is 0 Å². The number of fused-ring (bicyclic) bond motifs is 3. The van der Waals surface area contributed by atoms with Crippen molar-refractivity contribution in [3.8, 4) is 0 Å². The van der Waals surface area contributed by atoms with Gasteiger partial charge in [-0.05, 0) is 18.6 Å². The van der Waals surface area contributed by atoms with E-state index in [9.17, 15) is 9.90 Å². The molecule has 1 aliphatic heterocycles. The van der Waals surface area contributed by atoms with Gasteiger partial charge in [-0.1, -0.05) is 0 Å². The maximum Gasteiger partial charge on any atom is 0.268 e. The van der Waals surface area contributed by atoms with E-state index in [-0.39, 0.29) is 24.0 Å². The molecule has 0 radical (unpaired) electrons. The molecule has 5 heteroatoms. The highest BCUT2D eigenvalue weighted by atomic mass is 16.3. The first-order valence-electron chi connectivity index (χ1n) is 5.10. The fraction of sp³-hybridized carbons (Fsp3) is 0.500. The third-order valence-corrected chi connectivity index (χ3v) is 3.42. The quantitative estimate of drug-likeness (QED) is 0.522. The number of carbonyl (C=O) groups excluding carboxylic acids is 1. The molecule has 1 aromatic heterocycles. The lowest BCUT2D eigenvalue weighted by molar-refractivity contribution is 0.0881. The van der Waals surface area contributed by atoms with Crippen LogP contribution in [0.2, 0.25) is 0 Å². The molecular weight excluding hydrogens is 194 g/mol. The average molecular weight is 207 g/mol. The predicted octanol–water partition coefficient (Wildman–Crippen LogP) is -0.767. The summed E-state index contributed by atoms with van der Waals surface area (Å²) < 4.78 is 1.92. The van der Waals surface area contributed by atoms with Gasteiger partial charge in [-0.25, -0.2) is 0 Å². The van der Waals surface area contributed by atoms with E-state index in [0.717, 1.165) is 0 Å². The number of rotatable bonds is 0. The van der Waals surface area contributed by atoms with E-state index in [4.69, 9.17) is 5.73 Å². The minimum atomic E-state index is -0.534. The Morgan fingerprint density at radius 2 is 2.40 bits per heavy atom. The summed E-state index contributed by atoms with van der Waals surface area (Å²) in [7, 11) is 0. The van der Waals surface area contributed by atoms with Crippen LogP contribution in [0.4, 0.5) is 0 Å². The first kappa shape index (κ1) is 8.94. The van der Waals surface area contributed by atoms with Gasteiger partial charge in [-0.2, -0.15) is 0 Å². The van der Waals surface area contributed by atoms with Crippen LogP contribution in [-0.2, 0) is 0 Å². The summed E-state index contributed by atoms with van der Waals surface area (Å²) in [5.41, 5.74) is 6.49. The van der Waals surface area contributed by atoms with Crippen LogP contribution in [0.25, 0.3) is 0 Å². The van der Waals surface area contributed by atoms with Gasteiger partial charge >= 0.3 is 0 Å². The first-order chi connectivity index (χ1) is 7.18. The normalized spacial score (nSPS) is 38.4. The van der Waals surface area contributed by atoms with Crippen molar-refractivity contribution in [3.63, 3.8) is 0 Å². The van der Waals surface area contributed by atoms with E-state index >= 15 is 0 Å². The summed E-state index contributed by atoms with van der Waals surface area (Å²) in [5, 5.41) is 12.5. The van der Waals surface area contributed by atoms with Crippen molar-refractivity contribution in [1.82, 2.24) is 9.88 Å². The van der Waals surface area contributed by atoms with Crippen LogP contribution in [0.15, 0.2) is 18.3 Å². The van der Waals surface area contributed by atoms with Gasteiger partial charge < -0.3 is 20.7 Å². The smallest absolute Gasteiger partial charge is 0.268 e. The van der Waals surface area contributed by atoms with Gasteiger partial charge in [0.2, 0.25) is 0 Å². The molecule has 2 heterocycles. The lowest BCUT2D eigenvalue weighted by atomic mass is 10.1. The number of nitrogens with two attached hydrogens (primary N) is 1. The van der Waals surface area contributed by atoms with Crippen molar-refractivity contribution in [2.24, 2.45) is 5.73 Å². The van der Waals surface area contributed by atoms with Gasteiger partial charge in [0.25, 0.3) is 5.91 Å². The van der Waals surface area contributed by atoms with Crippen LogP contribution < -0.4 is 11.1 Å². The number of amides is 1. The van der Waals surface area contributed by atoms with Gasteiger partial charge in [-0.3, -0.25) is 4.79 Å². The molecule has 3 rings (SSSR count). The predicted molar refractivity (Wildman–Crippen MR) is 53.3 cm³/mol. The summed E-state index contributed by atoms with van der Waals surface area (Å²) in [5.74, 6) is -0.106. The van der Waals surface area contributed by atoms with Gasteiger partial charge in [0, 0.05) is 6.20 Å². The molecule has 0 unspecified atom stereocenters. The molecule has 1 fully saturated rings. The van der Waals surface area contributed by atoms with Crippen LogP contribution in [0.5, 0.6) is 0 Å². The highest BCUT2D eigenvalue weighted by Gasteiger charge is 2.45. The summed E-state index contributed by atoms with van der Waals surface area (Å²) in [6.45, 7) is 0. The number of nitrogens with zero attached hydrogens (tertiary/aromatic N) is 1. The van der Waals surface area contributed by atoms with Crippen LogP contribution in [-0.4, -0.2) is 33.8 Å². The number of carbonyl (C=O) groups is 1. The Morgan fingerprint density at radius 1 is 1.60 bits per heavy atom. The van der Waals surface area contributed by atoms with E-state index in [1.54, 1.807) is 6.07 Å². The molecule has 4 N–H and O–H groups in total. The number of aliphatic hydroxyl groups excluding tert-OH is 1. The molecule has 80 valence electrons. The average Bonchev–Trinajstić information content (AvgIpc) is 2.77. The third-order valence-electron chi connectivity index (χ3n) is 3.42. The zero-order valence-corrected chi connectivity index (χ0v) is 8.13. The standard InChI is InChI=1S/C10H13N3O2/c11-8-7(14)4-6-9(8)12-10(15)5-2-1-3-13(5)6/h1-3,6-9,14H,4,11H2,(H,12,15)/t6-,7-,8-,9-/m1/s1. The van der Waals surface area contributed by atoms with Crippen LogP contribution in [0.3, 0.4) is 0 Å². The fourth-order valence-corrected chi connectivity index (χ4v) is 2.63. The largest absolute Gasteiger partial charge is 0.391 e. The maximum absolute atomic E-state index is 11.7. The molecule has 1 aromatic rings. The van der Waals surface area contributed by atoms with Crippen molar-refractivity contribution < 1.29 is 9.90 Å². The van der Waals surface area contributed by atoms with Gasteiger partial charge in [0.05, 0.1) is 24.2 Å². The Kier molecular flexibility index (Phi) is 1.69. The van der Waals surface area contributed by atoms with E-state index in [0.29, 0.717) is 12.1 Å². The highest BCUT2D eigenvalue weighted by Crippen LogP contribution is 2.33. The van der Waals surface area contributed by atoms with Gasteiger partial charge in [0.1, 0.15) is 5.69 Å². The monoisotopic (exact) mass is 207 g/mol. The van der Waals surface area contributed by atoms with Crippen molar-refractivity contribution in [1.29, 1.82) is 0 Å². The lowest BCUT2D eigenvalue weighted by Gasteiger charge is -2.31. The molecule has 4 atom stereocenters. The summed E-state index contributed by atoms with van der Waals surface area (Å²) in [4.78, 5) is 11.7. The Hall–Kier alpha value is -1.33. The van der Waals surface area contributed by atoms with Crippen molar-refractivity contribution in [2.45, 2.75) is 30.7 Å². The second kappa shape index (κ2) is 2.84. The van der Waals surface area contributed by atoms with E-state index in [1.165, 1.54) is 0 Å². The second-order valence-corrected chi connectivity index (χ2v) is 4.25. The molecule has 0 spiro atoms. The van der Waals surface area contributed by atoms with E-state index < -0.39 is 6.10 Å². The Bertz CT molecular complexity index is 415. The maximum atomic E-state index is 11.7. The second-order valence-electron chi connectivity index (χ2n) is 4.25. The Labute approximate surface area is 86.9 Å². The number of aliphatic hydroxyl groups is 1. The number of aromatic nitrogens is 1. The molecular formula is C10H13N3O2. The topological polar surface area (TPSA) is 80.3 Å². The molecule has 1 aliphatic carbocycles. The summed E-state index contributed by atoms with van der Waals surface area (Å²) >= 11 is 0. The molecule has 1 saturated carbocycles. The molecule has 0 bridgehead atoms. The molecule has 15 heavy (non-hydrogen) atoms. The van der Waals surface area contributed by atoms with Crippen LogP contribution in [0, 0.1) is 0 Å². The van der Waals surface area contributed by atoms with E-state index in [1.807, 2.05) is 16.8 Å². The Balaban J connectivity index is 2.07. The first-order valence-corrected chi connectivity index (χ1v) is 5.10. The van der Waals surface area contributed by atoms with Crippen molar-refractivity contribution in [2.75, 3.05) is 0 Å². The summed E-state index contributed by atoms with van der Waals surface area (Å²) in [6, 6.07) is 3.20. The van der Waals surface area contributed by atoms with E-state index in [2.05, 4.69) is 5.32 Å². The number of hydrogen-bond acceptors (Lipinski definition) is 3. The number of nitrogens with one attached hydrogen (secondary N) is 1. The number of hydrogen-bond donors (Lipinski definition) is 3. The van der Waals surface area contributed by atoms with Gasteiger partial charge in [0.15, 0.2) is 0 Å². The SMILES string of the molecule is N[C@H]1[C@@H]2NC(=O)c3cccn3[C@@H]2C[C@H]1O. The third kappa shape index (κ3) is 1.07. The highest BCUT2D eigenvalue weighted by molar-refractivity contribution is 5.94. The molecule has 0 saturated heterocycles. The zero-order chi connectivity index (χ0) is 10.6. The Morgan fingerprint density at radius 3 is 3.20 bits per heavy atom. The molecule has 5 nitrogen and oxygen atoms in total.